The van der Waals surface area contributed by atoms with Crippen molar-refractivity contribution >= 4 is 21.8 Å². The summed E-state index contributed by atoms with van der Waals surface area (Å²) in [6.07, 6.45) is 4.35. The number of aromatic nitrogens is 1. The number of hydrogen-bond acceptors (Lipinski definition) is 5. The van der Waals surface area contributed by atoms with E-state index in [0.29, 0.717) is 31.5 Å². The lowest BCUT2D eigenvalue weighted by Gasteiger charge is -2.33. The lowest BCUT2D eigenvalue weighted by Crippen LogP contribution is -2.49. The lowest BCUT2D eigenvalue weighted by atomic mass is 10.0. The number of sulfonamides is 1. The third-order valence-corrected chi connectivity index (χ3v) is 6.73. The van der Waals surface area contributed by atoms with Gasteiger partial charge >= 0.3 is 0 Å². The van der Waals surface area contributed by atoms with Crippen molar-refractivity contribution in [1.82, 2.24) is 19.5 Å². The van der Waals surface area contributed by atoms with E-state index in [2.05, 4.69) is 10.3 Å². The van der Waals surface area contributed by atoms with Crippen molar-refractivity contribution in [3.8, 4) is 0 Å². The third-order valence-electron chi connectivity index (χ3n) is 4.92. The molecular formula is C20H24N4O4S. The van der Waals surface area contributed by atoms with Gasteiger partial charge in [-0.3, -0.25) is 14.6 Å². The summed E-state index contributed by atoms with van der Waals surface area (Å²) < 4.78 is 26.2. The maximum atomic E-state index is 12.6. The van der Waals surface area contributed by atoms with E-state index in [1.165, 1.54) is 25.4 Å². The topological polar surface area (TPSA) is 99.7 Å². The summed E-state index contributed by atoms with van der Waals surface area (Å²) in [5.41, 5.74) is 0.499. The maximum absolute atomic E-state index is 12.6. The van der Waals surface area contributed by atoms with Crippen LogP contribution in [0.25, 0.3) is 0 Å². The van der Waals surface area contributed by atoms with Gasteiger partial charge in [0, 0.05) is 38.6 Å². The second-order valence-corrected chi connectivity index (χ2v) is 8.99. The summed E-state index contributed by atoms with van der Waals surface area (Å²) in [6.45, 7) is 0.718. The second kappa shape index (κ2) is 9.15. The van der Waals surface area contributed by atoms with Crippen LogP contribution in [0, 0.1) is 0 Å². The molecule has 0 unspecified atom stereocenters. The Morgan fingerprint density at radius 1 is 1.14 bits per heavy atom. The van der Waals surface area contributed by atoms with Crippen LogP contribution in [-0.2, 0) is 14.8 Å². The molecule has 29 heavy (non-hydrogen) atoms. The fourth-order valence-electron chi connectivity index (χ4n) is 3.19. The molecule has 0 atom stereocenters. The van der Waals surface area contributed by atoms with Crippen LogP contribution in [0.15, 0.2) is 59.8 Å². The minimum atomic E-state index is -3.71. The summed E-state index contributed by atoms with van der Waals surface area (Å²) in [7, 11) is -2.30. The van der Waals surface area contributed by atoms with Gasteiger partial charge in [-0.1, -0.05) is 18.2 Å². The molecule has 1 aromatic carbocycles. The fraction of sp³-hybridized carbons (Fsp3) is 0.350. The van der Waals surface area contributed by atoms with E-state index in [4.69, 9.17) is 0 Å². The molecular weight excluding hydrogens is 392 g/mol. The van der Waals surface area contributed by atoms with E-state index in [0.717, 1.165) is 4.31 Å². The molecule has 1 N–H and O–H groups in total. The molecule has 0 bridgehead atoms. The van der Waals surface area contributed by atoms with Crippen LogP contribution >= 0.6 is 0 Å². The minimum Gasteiger partial charge on any atom is -0.349 e. The molecule has 154 valence electrons. The third kappa shape index (κ3) is 5.18. The molecule has 1 saturated heterocycles. The van der Waals surface area contributed by atoms with E-state index in [1.807, 2.05) is 0 Å². The normalized spacial score (nSPS) is 15.3. The van der Waals surface area contributed by atoms with Crippen LogP contribution in [0.2, 0.25) is 0 Å². The summed E-state index contributed by atoms with van der Waals surface area (Å²) in [6, 6.07) is 11.4. The molecule has 8 nitrogen and oxygen atoms in total. The van der Waals surface area contributed by atoms with E-state index in [-0.39, 0.29) is 29.3 Å². The van der Waals surface area contributed by atoms with Gasteiger partial charge in [0.15, 0.2) is 0 Å². The zero-order valence-corrected chi connectivity index (χ0v) is 17.0. The maximum Gasteiger partial charge on any atom is 0.253 e. The molecule has 2 aromatic rings. The average molecular weight is 417 g/mol. The predicted octanol–water partition coefficient (Wildman–Crippen LogP) is 1.12. The number of amides is 2. The molecule has 0 radical (unpaired) electrons. The van der Waals surface area contributed by atoms with Crippen molar-refractivity contribution in [2.45, 2.75) is 23.8 Å². The van der Waals surface area contributed by atoms with Crippen LogP contribution in [-0.4, -0.2) is 67.1 Å². The van der Waals surface area contributed by atoms with E-state index in [1.54, 1.807) is 41.4 Å². The number of hydrogen-bond donors (Lipinski definition) is 1. The van der Waals surface area contributed by atoms with Crippen LogP contribution in [0.4, 0.5) is 0 Å². The largest absolute Gasteiger partial charge is 0.349 e. The fourth-order valence-corrected chi connectivity index (χ4v) is 4.33. The Bertz CT molecular complexity index is 943. The molecule has 0 saturated carbocycles. The van der Waals surface area contributed by atoms with E-state index >= 15 is 0 Å². The number of rotatable bonds is 6. The Balaban J connectivity index is 1.50. The van der Waals surface area contributed by atoms with Gasteiger partial charge < -0.3 is 10.2 Å². The first kappa shape index (κ1) is 20.9. The zero-order chi connectivity index (χ0) is 20.9. The van der Waals surface area contributed by atoms with Gasteiger partial charge in [0.05, 0.1) is 17.0 Å². The minimum absolute atomic E-state index is 0.0301. The van der Waals surface area contributed by atoms with Crippen LogP contribution < -0.4 is 5.32 Å². The standard InChI is InChI=1S/C20H24N4O4S/c1-23(29(27,28)18-7-3-2-4-8-18)15-19(25)24-12-9-17(10-13-24)22-20(26)16-6-5-11-21-14-16/h2-8,11,14,17H,9-10,12-13,15H2,1H3,(H,22,26). The van der Waals surface area contributed by atoms with Crippen LogP contribution in [0.5, 0.6) is 0 Å². The smallest absolute Gasteiger partial charge is 0.253 e. The SMILES string of the molecule is CN(CC(=O)N1CCC(NC(=O)c2cccnc2)CC1)S(=O)(=O)c1ccccc1. The first-order valence-electron chi connectivity index (χ1n) is 9.38. The molecule has 1 aliphatic heterocycles. The Morgan fingerprint density at radius 3 is 2.45 bits per heavy atom. The summed E-state index contributed by atoms with van der Waals surface area (Å²) in [5.74, 6) is -0.430. The number of likely N-dealkylation sites (tertiary alicyclic amines) is 1. The Morgan fingerprint density at radius 2 is 1.83 bits per heavy atom. The first-order chi connectivity index (χ1) is 13.9. The number of piperidine rings is 1. The molecule has 1 fully saturated rings. The predicted molar refractivity (Wildman–Crippen MR) is 108 cm³/mol. The van der Waals surface area contributed by atoms with Crippen molar-refractivity contribution in [3.05, 3.63) is 60.4 Å². The highest BCUT2D eigenvalue weighted by atomic mass is 32.2. The van der Waals surface area contributed by atoms with Crippen LogP contribution in [0.1, 0.15) is 23.2 Å². The highest BCUT2D eigenvalue weighted by molar-refractivity contribution is 7.89. The highest BCUT2D eigenvalue weighted by Gasteiger charge is 2.28. The van der Waals surface area contributed by atoms with E-state index < -0.39 is 10.0 Å². The quantitative estimate of drug-likeness (QED) is 0.761. The number of benzene rings is 1. The van der Waals surface area contributed by atoms with Crippen molar-refractivity contribution in [2.24, 2.45) is 0 Å². The van der Waals surface area contributed by atoms with Crippen molar-refractivity contribution in [3.63, 3.8) is 0 Å². The molecule has 9 heteroatoms. The average Bonchev–Trinajstić information content (AvgIpc) is 2.75. The van der Waals surface area contributed by atoms with Crippen molar-refractivity contribution < 1.29 is 18.0 Å². The molecule has 0 aliphatic carbocycles. The van der Waals surface area contributed by atoms with Crippen LogP contribution in [0.3, 0.4) is 0 Å². The summed E-state index contributed by atoms with van der Waals surface area (Å²) >= 11 is 0. The van der Waals surface area contributed by atoms with Crippen molar-refractivity contribution in [2.75, 3.05) is 26.7 Å². The number of nitrogens with one attached hydrogen (secondary N) is 1. The summed E-state index contributed by atoms with van der Waals surface area (Å²) in [5, 5.41) is 2.96. The molecule has 3 rings (SSSR count). The molecule has 0 spiro atoms. The first-order valence-corrected chi connectivity index (χ1v) is 10.8. The zero-order valence-electron chi connectivity index (χ0n) is 16.2. The Labute approximate surface area is 170 Å². The van der Waals surface area contributed by atoms with Gasteiger partial charge in [0.25, 0.3) is 5.91 Å². The highest BCUT2D eigenvalue weighted by Crippen LogP contribution is 2.15. The molecule has 1 aromatic heterocycles. The van der Waals surface area contributed by atoms with Crippen molar-refractivity contribution in [1.29, 1.82) is 0 Å². The summed E-state index contributed by atoms with van der Waals surface area (Å²) in [4.78, 5) is 30.5. The Hall–Kier alpha value is -2.78. The number of carbonyl (C=O) groups is 2. The second-order valence-electron chi connectivity index (χ2n) is 6.94. The Kier molecular flexibility index (Phi) is 6.60. The molecule has 2 heterocycles. The van der Waals surface area contributed by atoms with Gasteiger partial charge in [-0.2, -0.15) is 4.31 Å². The monoisotopic (exact) mass is 416 g/mol. The van der Waals surface area contributed by atoms with Gasteiger partial charge in [0.2, 0.25) is 15.9 Å². The van der Waals surface area contributed by atoms with Gasteiger partial charge in [-0.15, -0.1) is 0 Å². The number of nitrogens with zero attached hydrogens (tertiary/aromatic N) is 3. The van der Waals surface area contributed by atoms with Gasteiger partial charge in [-0.25, -0.2) is 8.42 Å². The lowest BCUT2D eigenvalue weighted by molar-refractivity contribution is -0.132. The number of carbonyl (C=O) groups excluding carboxylic acids is 2. The number of likely N-dealkylation sites (N-methyl/N-ethyl adjacent to an activating group) is 1. The molecule has 1 aliphatic rings. The molecule has 2 amide bonds. The van der Waals surface area contributed by atoms with E-state index in [9.17, 15) is 18.0 Å². The van der Waals surface area contributed by atoms with Gasteiger partial charge in [0.1, 0.15) is 0 Å². The number of pyridine rings is 1. The van der Waals surface area contributed by atoms with Gasteiger partial charge in [-0.05, 0) is 37.1 Å².